The average Bonchev–Trinajstić information content (AvgIpc) is 2.38. The zero-order valence-corrected chi connectivity index (χ0v) is 10.9. The van der Waals surface area contributed by atoms with Crippen molar-refractivity contribution < 1.29 is 9.18 Å². The topological polar surface area (TPSA) is 42.0 Å². The van der Waals surface area contributed by atoms with Crippen LogP contribution in [0, 0.1) is 5.95 Å². The van der Waals surface area contributed by atoms with Gasteiger partial charge in [-0.15, -0.1) is 0 Å². The first-order valence-electron chi connectivity index (χ1n) is 5.30. The van der Waals surface area contributed by atoms with Gasteiger partial charge in [0.2, 0.25) is 5.95 Å². The van der Waals surface area contributed by atoms with Gasteiger partial charge in [0.15, 0.2) is 0 Å². The van der Waals surface area contributed by atoms with E-state index in [0.717, 1.165) is 16.1 Å². The Kier molecular flexibility index (Phi) is 4.04. The van der Waals surface area contributed by atoms with Crippen LogP contribution in [0.4, 0.5) is 4.39 Å². The number of rotatable bonds is 3. The minimum atomic E-state index is -0.600. The van der Waals surface area contributed by atoms with E-state index >= 15 is 0 Å². The highest BCUT2D eigenvalue weighted by atomic mass is 79.9. The van der Waals surface area contributed by atoms with Crippen LogP contribution in [-0.2, 0) is 6.54 Å². The number of hydrogen-bond donors (Lipinski definition) is 1. The maximum atomic E-state index is 12.6. The molecule has 1 heterocycles. The largest absolute Gasteiger partial charge is 0.348 e. The Bertz CT molecular complexity index is 557. The smallest absolute Gasteiger partial charge is 0.253 e. The second kappa shape index (κ2) is 5.73. The van der Waals surface area contributed by atoms with Crippen LogP contribution in [0.2, 0.25) is 0 Å². The molecule has 0 saturated carbocycles. The maximum absolute atomic E-state index is 12.6. The number of pyridine rings is 1. The van der Waals surface area contributed by atoms with E-state index in [-0.39, 0.29) is 5.91 Å². The predicted molar refractivity (Wildman–Crippen MR) is 69.5 cm³/mol. The molecule has 3 nitrogen and oxygen atoms in total. The van der Waals surface area contributed by atoms with Gasteiger partial charge < -0.3 is 5.32 Å². The molecule has 5 heteroatoms. The van der Waals surface area contributed by atoms with E-state index in [1.54, 1.807) is 0 Å². The molecule has 1 N–H and O–H groups in total. The lowest BCUT2D eigenvalue weighted by Crippen LogP contribution is -2.23. The van der Waals surface area contributed by atoms with Crippen molar-refractivity contribution in [3.8, 4) is 0 Å². The molecule has 1 aromatic carbocycles. The summed E-state index contributed by atoms with van der Waals surface area (Å²) in [6, 6.07) is 10.2. The summed E-state index contributed by atoms with van der Waals surface area (Å²) in [4.78, 5) is 15.2. The molecule has 0 bridgehead atoms. The van der Waals surface area contributed by atoms with Gasteiger partial charge in [0.1, 0.15) is 0 Å². The standard InChI is InChI=1S/C13H10BrFN2O/c14-11-4-2-1-3-9(11)7-17-13(18)10-5-6-12(15)16-8-10/h1-6,8H,7H2,(H,17,18). The molecular weight excluding hydrogens is 299 g/mol. The number of carbonyl (C=O) groups is 1. The van der Waals surface area contributed by atoms with Crippen molar-refractivity contribution in [3.05, 3.63) is 64.1 Å². The van der Waals surface area contributed by atoms with Gasteiger partial charge >= 0.3 is 0 Å². The zero-order valence-electron chi connectivity index (χ0n) is 9.36. The van der Waals surface area contributed by atoms with Crippen LogP contribution in [0.3, 0.4) is 0 Å². The molecule has 0 radical (unpaired) electrons. The summed E-state index contributed by atoms with van der Waals surface area (Å²) in [5.74, 6) is -0.879. The Hall–Kier alpha value is -1.75. The Morgan fingerprint density at radius 3 is 2.72 bits per heavy atom. The number of halogens is 2. The summed E-state index contributed by atoms with van der Waals surface area (Å²) in [6.07, 6.45) is 1.21. The van der Waals surface area contributed by atoms with E-state index in [2.05, 4.69) is 26.2 Å². The molecule has 1 aromatic heterocycles. The predicted octanol–water partition coefficient (Wildman–Crippen LogP) is 2.91. The fourth-order valence-corrected chi connectivity index (χ4v) is 1.85. The lowest BCUT2D eigenvalue weighted by molar-refractivity contribution is 0.0950. The van der Waals surface area contributed by atoms with Crippen LogP contribution in [-0.4, -0.2) is 10.9 Å². The molecule has 0 spiro atoms. The highest BCUT2D eigenvalue weighted by Crippen LogP contribution is 2.15. The van der Waals surface area contributed by atoms with Crippen LogP contribution in [0.1, 0.15) is 15.9 Å². The Labute approximate surface area is 112 Å². The highest BCUT2D eigenvalue weighted by molar-refractivity contribution is 9.10. The molecule has 92 valence electrons. The third kappa shape index (κ3) is 3.13. The molecule has 0 unspecified atom stereocenters. The number of hydrogen-bond acceptors (Lipinski definition) is 2. The van der Waals surface area contributed by atoms with E-state index in [9.17, 15) is 9.18 Å². The SMILES string of the molecule is O=C(NCc1ccccc1Br)c1ccc(F)nc1. The summed E-state index contributed by atoms with van der Waals surface area (Å²) in [5.41, 5.74) is 1.31. The minimum absolute atomic E-state index is 0.279. The number of nitrogens with zero attached hydrogens (tertiary/aromatic N) is 1. The summed E-state index contributed by atoms with van der Waals surface area (Å²) in [6.45, 7) is 0.400. The first-order chi connectivity index (χ1) is 8.66. The third-order valence-electron chi connectivity index (χ3n) is 2.39. The first-order valence-corrected chi connectivity index (χ1v) is 6.09. The summed E-state index contributed by atoms with van der Waals surface area (Å²) < 4.78 is 13.5. The molecule has 0 fully saturated rings. The Balaban J connectivity index is 2.01. The molecule has 2 rings (SSSR count). The molecule has 0 atom stereocenters. The van der Waals surface area contributed by atoms with Crippen molar-refractivity contribution in [2.75, 3.05) is 0 Å². The first kappa shape index (κ1) is 12.7. The monoisotopic (exact) mass is 308 g/mol. The van der Waals surface area contributed by atoms with Gasteiger partial charge in [-0.1, -0.05) is 34.1 Å². The fourth-order valence-electron chi connectivity index (χ4n) is 1.43. The second-order valence-electron chi connectivity index (χ2n) is 3.64. The summed E-state index contributed by atoms with van der Waals surface area (Å²) >= 11 is 3.40. The minimum Gasteiger partial charge on any atom is -0.348 e. The average molecular weight is 309 g/mol. The van der Waals surface area contributed by atoms with Crippen molar-refractivity contribution in [3.63, 3.8) is 0 Å². The van der Waals surface area contributed by atoms with Crippen LogP contribution in [0.15, 0.2) is 47.1 Å². The van der Waals surface area contributed by atoms with Gasteiger partial charge in [0.05, 0.1) is 5.56 Å². The molecule has 1 amide bonds. The van der Waals surface area contributed by atoms with Gasteiger partial charge in [0, 0.05) is 17.2 Å². The Morgan fingerprint density at radius 1 is 1.28 bits per heavy atom. The number of aromatic nitrogens is 1. The molecule has 0 aliphatic heterocycles. The van der Waals surface area contributed by atoms with Crippen LogP contribution >= 0.6 is 15.9 Å². The summed E-state index contributed by atoms with van der Waals surface area (Å²) in [7, 11) is 0. The molecule has 0 saturated heterocycles. The van der Waals surface area contributed by atoms with E-state index in [1.807, 2.05) is 24.3 Å². The van der Waals surface area contributed by atoms with Crippen molar-refractivity contribution >= 4 is 21.8 Å². The maximum Gasteiger partial charge on any atom is 0.253 e. The van der Waals surface area contributed by atoms with E-state index < -0.39 is 5.95 Å². The number of amides is 1. The third-order valence-corrected chi connectivity index (χ3v) is 3.16. The number of nitrogens with one attached hydrogen (secondary N) is 1. The molecular formula is C13H10BrFN2O. The van der Waals surface area contributed by atoms with E-state index in [1.165, 1.54) is 12.3 Å². The van der Waals surface area contributed by atoms with E-state index in [0.29, 0.717) is 12.1 Å². The van der Waals surface area contributed by atoms with Crippen LogP contribution < -0.4 is 5.32 Å². The second-order valence-corrected chi connectivity index (χ2v) is 4.50. The van der Waals surface area contributed by atoms with Gasteiger partial charge in [-0.05, 0) is 23.8 Å². The fraction of sp³-hybridized carbons (Fsp3) is 0.0769. The molecule has 0 aliphatic rings. The zero-order chi connectivity index (χ0) is 13.0. The van der Waals surface area contributed by atoms with Gasteiger partial charge in [0.25, 0.3) is 5.91 Å². The molecule has 0 aliphatic carbocycles. The van der Waals surface area contributed by atoms with Crippen molar-refractivity contribution in [1.82, 2.24) is 10.3 Å². The summed E-state index contributed by atoms with van der Waals surface area (Å²) in [5, 5.41) is 2.74. The molecule has 18 heavy (non-hydrogen) atoms. The number of benzene rings is 1. The van der Waals surface area contributed by atoms with Crippen molar-refractivity contribution in [2.24, 2.45) is 0 Å². The quantitative estimate of drug-likeness (QED) is 0.886. The van der Waals surface area contributed by atoms with Crippen molar-refractivity contribution in [2.45, 2.75) is 6.54 Å². The number of carbonyl (C=O) groups excluding carboxylic acids is 1. The highest BCUT2D eigenvalue weighted by Gasteiger charge is 2.06. The molecule has 2 aromatic rings. The van der Waals surface area contributed by atoms with Gasteiger partial charge in [-0.25, -0.2) is 4.98 Å². The lowest BCUT2D eigenvalue weighted by Gasteiger charge is -2.06. The normalized spacial score (nSPS) is 10.1. The van der Waals surface area contributed by atoms with E-state index in [4.69, 9.17) is 0 Å². The van der Waals surface area contributed by atoms with Crippen LogP contribution in [0.25, 0.3) is 0 Å². The van der Waals surface area contributed by atoms with Gasteiger partial charge in [-0.3, -0.25) is 4.79 Å². The lowest BCUT2D eigenvalue weighted by atomic mass is 10.2. The Morgan fingerprint density at radius 2 is 2.06 bits per heavy atom. The van der Waals surface area contributed by atoms with Crippen molar-refractivity contribution in [1.29, 1.82) is 0 Å². The van der Waals surface area contributed by atoms with Crippen LogP contribution in [0.5, 0.6) is 0 Å². The van der Waals surface area contributed by atoms with Gasteiger partial charge in [-0.2, -0.15) is 4.39 Å².